The van der Waals surface area contributed by atoms with Gasteiger partial charge in [0.15, 0.2) is 0 Å². The zero-order chi connectivity index (χ0) is 16.4. The first-order valence-electron chi connectivity index (χ1n) is 7.66. The van der Waals surface area contributed by atoms with Gasteiger partial charge in [0.25, 0.3) is 0 Å². The van der Waals surface area contributed by atoms with Crippen LogP contribution in [-0.2, 0) is 9.53 Å². The lowest BCUT2D eigenvalue weighted by atomic mass is 9.89. The van der Waals surface area contributed by atoms with Crippen LogP contribution in [0.1, 0.15) is 48.5 Å². The fourth-order valence-electron chi connectivity index (χ4n) is 2.63. The molecule has 0 aromatic carbocycles. The first-order valence-corrected chi connectivity index (χ1v) is 7.66. The summed E-state index contributed by atoms with van der Waals surface area (Å²) in [6, 6.07) is 1.94. The molecule has 0 aliphatic carbocycles. The van der Waals surface area contributed by atoms with Gasteiger partial charge in [-0.15, -0.1) is 0 Å². The number of morpholine rings is 1. The molecule has 1 saturated heterocycles. The van der Waals surface area contributed by atoms with Crippen molar-refractivity contribution in [3.63, 3.8) is 0 Å². The van der Waals surface area contributed by atoms with E-state index in [0.29, 0.717) is 6.54 Å². The van der Waals surface area contributed by atoms with E-state index in [1.54, 1.807) is 6.92 Å². The Hall–Kier alpha value is -1.12. The summed E-state index contributed by atoms with van der Waals surface area (Å²) in [5.41, 5.74) is -1.10. The Labute approximate surface area is 128 Å². The van der Waals surface area contributed by atoms with Gasteiger partial charge in [0, 0.05) is 13.1 Å². The van der Waals surface area contributed by atoms with Crippen LogP contribution in [0.5, 0.6) is 0 Å². The lowest BCUT2D eigenvalue weighted by molar-refractivity contribution is -0.148. The Balaban J connectivity index is 2.77. The second-order valence-corrected chi connectivity index (χ2v) is 7.25. The number of nitrogens with zero attached hydrogens (tertiary/aromatic N) is 2. The van der Waals surface area contributed by atoms with E-state index < -0.39 is 5.54 Å². The highest BCUT2D eigenvalue weighted by molar-refractivity contribution is 5.82. The molecule has 0 aromatic rings. The minimum atomic E-state index is -0.835. The van der Waals surface area contributed by atoms with Crippen LogP contribution in [0.15, 0.2) is 0 Å². The zero-order valence-corrected chi connectivity index (χ0v) is 14.4. The van der Waals surface area contributed by atoms with Gasteiger partial charge in [-0.05, 0) is 40.5 Å². The molecule has 0 aromatic heterocycles. The predicted molar refractivity (Wildman–Crippen MR) is 82.7 cm³/mol. The summed E-state index contributed by atoms with van der Waals surface area (Å²) >= 11 is 0. The van der Waals surface area contributed by atoms with Crippen molar-refractivity contribution in [2.24, 2.45) is 5.92 Å². The molecule has 5 heteroatoms. The molecule has 1 heterocycles. The Morgan fingerprint density at radius 1 is 1.48 bits per heavy atom. The molecule has 1 amide bonds. The summed E-state index contributed by atoms with van der Waals surface area (Å²) in [6.07, 6.45) is 0.0939. The van der Waals surface area contributed by atoms with E-state index in [4.69, 9.17) is 4.74 Å². The van der Waals surface area contributed by atoms with E-state index in [2.05, 4.69) is 16.3 Å². The molecule has 3 atom stereocenters. The third-order valence-electron chi connectivity index (χ3n) is 4.29. The molecule has 0 bridgehead atoms. The van der Waals surface area contributed by atoms with Crippen molar-refractivity contribution >= 4 is 5.91 Å². The zero-order valence-electron chi connectivity index (χ0n) is 14.4. The standard InChI is InChI=1S/C16H29N3O2/c1-11(2)16(7,9-17)18-14(20)13(4)19-8-12(3)21-15(5,6)10-19/h11-13H,8,10H2,1-7H3,(H,18,20). The Morgan fingerprint density at radius 3 is 2.48 bits per heavy atom. The van der Waals surface area contributed by atoms with Crippen molar-refractivity contribution in [3.8, 4) is 6.07 Å². The highest BCUT2D eigenvalue weighted by Crippen LogP contribution is 2.23. The SMILES string of the molecule is CC1CN(C(C)C(=O)NC(C)(C#N)C(C)C)CC(C)(C)O1. The van der Waals surface area contributed by atoms with E-state index in [1.165, 1.54) is 0 Å². The monoisotopic (exact) mass is 295 g/mol. The minimum absolute atomic E-state index is 0.0544. The van der Waals surface area contributed by atoms with Gasteiger partial charge in [-0.3, -0.25) is 9.69 Å². The molecular weight excluding hydrogens is 266 g/mol. The Kier molecular flexibility index (Phi) is 5.40. The molecule has 0 saturated carbocycles. The predicted octanol–water partition coefficient (Wildman–Crippen LogP) is 1.93. The van der Waals surface area contributed by atoms with Crippen molar-refractivity contribution < 1.29 is 9.53 Å². The van der Waals surface area contributed by atoms with Gasteiger partial charge < -0.3 is 10.1 Å². The maximum atomic E-state index is 12.5. The summed E-state index contributed by atoms with van der Waals surface area (Å²) in [4.78, 5) is 14.6. The van der Waals surface area contributed by atoms with Crippen LogP contribution in [0.3, 0.4) is 0 Å². The second kappa shape index (κ2) is 6.33. The number of rotatable bonds is 4. The molecule has 21 heavy (non-hydrogen) atoms. The van der Waals surface area contributed by atoms with Gasteiger partial charge in [-0.25, -0.2) is 0 Å². The molecule has 0 spiro atoms. The van der Waals surface area contributed by atoms with Crippen molar-refractivity contribution in [2.45, 2.75) is 71.8 Å². The minimum Gasteiger partial charge on any atom is -0.370 e. The number of nitriles is 1. The van der Waals surface area contributed by atoms with E-state index in [9.17, 15) is 10.1 Å². The fraction of sp³-hybridized carbons (Fsp3) is 0.875. The molecule has 1 fully saturated rings. The molecule has 120 valence electrons. The number of hydrogen-bond donors (Lipinski definition) is 1. The molecule has 0 radical (unpaired) electrons. The average Bonchev–Trinajstić information content (AvgIpc) is 2.34. The lowest BCUT2D eigenvalue weighted by Crippen LogP contribution is -2.60. The van der Waals surface area contributed by atoms with E-state index in [1.807, 2.05) is 41.5 Å². The lowest BCUT2D eigenvalue weighted by Gasteiger charge is -2.44. The summed E-state index contributed by atoms with van der Waals surface area (Å²) in [5, 5.41) is 12.2. The topological polar surface area (TPSA) is 65.4 Å². The van der Waals surface area contributed by atoms with Crippen molar-refractivity contribution in [1.29, 1.82) is 5.26 Å². The van der Waals surface area contributed by atoms with Gasteiger partial charge >= 0.3 is 0 Å². The summed E-state index contributed by atoms with van der Waals surface area (Å²) < 4.78 is 5.87. The number of hydrogen-bond acceptors (Lipinski definition) is 4. The first-order chi connectivity index (χ1) is 9.50. The van der Waals surface area contributed by atoms with Crippen LogP contribution in [-0.4, -0.2) is 47.2 Å². The van der Waals surface area contributed by atoms with Gasteiger partial charge in [0.2, 0.25) is 5.91 Å². The average molecular weight is 295 g/mol. The highest BCUT2D eigenvalue weighted by Gasteiger charge is 2.38. The second-order valence-electron chi connectivity index (χ2n) is 7.25. The third-order valence-corrected chi connectivity index (χ3v) is 4.29. The molecule has 1 aliphatic rings. The maximum absolute atomic E-state index is 12.5. The van der Waals surface area contributed by atoms with Crippen molar-refractivity contribution in [1.82, 2.24) is 10.2 Å². The number of carbonyl (C=O) groups is 1. The van der Waals surface area contributed by atoms with E-state index >= 15 is 0 Å². The highest BCUT2D eigenvalue weighted by atomic mass is 16.5. The summed E-state index contributed by atoms with van der Waals surface area (Å²) in [5.74, 6) is -0.0450. The largest absolute Gasteiger partial charge is 0.370 e. The number of ether oxygens (including phenoxy) is 1. The van der Waals surface area contributed by atoms with Crippen LogP contribution >= 0.6 is 0 Å². The quantitative estimate of drug-likeness (QED) is 0.860. The molecular formula is C16H29N3O2. The molecule has 1 rings (SSSR count). The Bertz CT molecular complexity index is 428. The van der Waals surface area contributed by atoms with Crippen molar-refractivity contribution in [2.75, 3.05) is 13.1 Å². The third kappa shape index (κ3) is 4.42. The van der Waals surface area contributed by atoms with Gasteiger partial charge in [-0.1, -0.05) is 13.8 Å². The first kappa shape index (κ1) is 17.9. The smallest absolute Gasteiger partial charge is 0.238 e. The van der Waals surface area contributed by atoms with Crippen LogP contribution in [0.2, 0.25) is 0 Å². The van der Waals surface area contributed by atoms with E-state index in [-0.39, 0.29) is 29.6 Å². The van der Waals surface area contributed by atoms with Gasteiger partial charge in [0.05, 0.1) is 23.8 Å². The summed E-state index contributed by atoms with van der Waals surface area (Å²) in [7, 11) is 0. The number of carbonyl (C=O) groups excluding carboxylic acids is 1. The van der Waals surface area contributed by atoms with E-state index in [0.717, 1.165) is 6.54 Å². The number of amides is 1. The van der Waals surface area contributed by atoms with Crippen LogP contribution in [0, 0.1) is 17.2 Å². The van der Waals surface area contributed by atoms with Crippen molar-refractivity contribution in [3.05, 3.63) is 0 Å². The Morgan fingerprint density at radius 2 is 2.05 bits per heavy atom. The van der Waals surface area contributed by atoms with Gasteiger partial charge in [0.1, 0.15) is 5.54 Å². The van der Waals surface area contributed by atoms with Crippen LogP contribution in [0.4, 0.5) is 0 Å². The van der Waals surface area contributed by atoms with Gasteiger partial charge in [-0.2, -0.15) is 5.26 Å². The molecule has 3 unspecified atom stereocenters. The fourth-order valence-corrected chi connectivity index (χ4v) is 2.63. The van der Waals surface area contributed by atoms with Crippen LogP contribution < -0.4 is 5.32 Å². The summed E-state index contributed by atoms with van der Waals surface area (Å²) in [6.45, 7) is 15.1. The number of nitrogens with one attached hydrogen (secondary N) is 1. The molecule has 1 N–H and O–H groups in total. The normalized spacial score (nSPS) is 26.7. The molecule has 5 nitrogen and oxygen atoms in total. The maximum Gasteiger partial charge on any atom is 0.238 e. The van der Waals surface area contributed by atoms with Crippen LogP contribution in [0.25, 0.3) is 0 Å². The molecule has 1 aliphatic heterocycles.